The minimum atomic E-state index is -0.801. The Bertz CT molecular complexity index is 1590. The van der Waals surface area contributed by atoms with Crippen LogP contribution in [0.25, 0.3) is 10.9 Å². The van der Waals surface area contributed by atoms with Crippen molar-refractivity contribution in [3.05, 3.63) is 83.6 Å². The van der Waals surface area contributed by atoms with E-state index in [1.807, 2.05) is 54.6 Å². The molecule has 1 heterocycles. The largest absolute Gasteiger partial charge is 0.493 e. The Morgan fingerprint density at radius 1 is 0.884 bits per heavy atom. The maximum absolute atomic E-state index is 14.1. The molecule has 0 spiro atoms. The number of carbonyl (C=O) groups is 1. The number of nitrogens with zero attached hydrogens (tertiary/aromatic N) is 2. The van der Waals surface area contributed by atoms with Gasteiger partial charge in [0, 0.05) is 17.5 Å². The van der Waals surface area contributed by atoms with Gasteiger partial charge < -0.3 is 28.6 Å². The normalized spacial score (nSPS) is 15.8. The summed E-state index contributed by atoms with van der Waals surface area (Å²) in [6, 6.07) is 19.6. The van der Waals surface area contributed by atoms with E-state index in [1.165, 1.54) is 5.56 Å². The highest BCUT2D eigenvalue weighted by Gasteiger charge is 2.48. The Labute approximate surface area is 253 Å². The number of esters is 1. The molecule has 5 rings (SSSR count). The van der Waals surface area contributed by atoms with Crippen molar-refractivity contribution in [2.45, 2.75) is 37.5 Å². The lowest BCUT2D eigenvalue weighted by Crippen LogP contribution is -2.38. The van der Waals surface area contributed by atoms with Gasteiger partial charge >= 0.3 is 5.97 Å². The first-order valence-corrected chi connectivity index (χ1v) is 14.6. The molecule has 1 aromatic heterocycles. The van der Waals surface area contributed by atoms with Crippen molar-refractivity contribution in [3.8, 4) is 28.7 Å². The van der Waals surface area contributed by atoms with Crippen molar-refractivity contribution in [3.63, 3.8) is 0 Å². The average Bonchev–Trinajstić information content (AvgIpc) is 3.42. The van der Waals surface area contributed by atoms with E-state index in [0.29, 0.717) is 36.5 Å². The summed E-state index contributed by atoms with van der Waals surface area (Å²) in [7, 11) is 8.68. The molecule has 1 aliphatic carbocycles. The van der Waals surface area contributed by atoms with Crippen LogP contribution in [0.3, 0.4) is 0 Å². The van der Waals surface area contributed by atoms with Gasteiger partial charge in [-0.3, -0.25) is 9.78 Å². The van der Waals surface area contributed by atoms with E-state index < -0.39 is 5.41 Å². The van der Waals surface area contributed by atoms with Gasteiger partial charge in [0.1, 0.15) is 5.75 Å². The lowest BCUT2D eigenvalue weighted by atomic mass is 9.77. The van der Waals surface area contributed by atoms with Crippen molar-refractivity contribution in [2.24, 2.45) is 0 Å². The van der Waals surface area contributed by atoms with E-state index in [2.05, 4.69) is 23.0 Å². The van der Waals surface area contributed by atoms with Gasteiger partial charge in [-0.05, 0) is 87.2 Å². The molecule has 43 heavy (non-hydrogen) atoms. The maximum atomic E-state index is 14.1. The zero-order valence-corrected chi connectivity index (χ0v) is 25.6. The van der Waals surface area contributed by atoms with Gasteiger partial charge in [0.2, 0.25) is 0 Å². The number of hydrogen-bond acceptors (Lipinski definition) is 8. The molecule has 1 atom stereocenters. The minimum absolute atomic E-state index is 0.261. The number of pyridine rings is 1. The fraction of sp³-hybridized carbons (Fsp3) is 0.371. The molecule has 1 unspecified atom stereocenters. The number of methoxy groups -OCH3 is 4. The fourth-order valence-corrected chi connectivity index (χ4v) is 6.16. The van der Waals surface area contributed by atoms with E-state index in [4.69, 9.17) is 23.7 Å². The first kappa shape index (κ1) is 30.2. The van der Waals surface area contributed by atoms with Crippen LogP contribution in [0.15, 0.2) is 66.9 Å². The molecule has 0 amide bonds. The molecule has 4 aromatic rings. The van der Waals surface area contributed by atoms with Crippen LogP contribution in [0.2, 0.25) is 0 Å². The van der Waals surface area contributed by atoms with Crippen molar-refractivity contribution in [1.29, 1.82) is 0 Å². The highest BCUT2D eigenvalue weighted by atomic mass is 16.5. The van der Waals surface area contributed by atoms with Crippen LogP contribution < -0.4 is 23.7 Å². The SMILES string of the molecule is COc1ccc(CCN(C)CCCC2(C(=O)Oc3cnc4ccccc4c3)CCc3c2ccc(OC)c3OC)cc1OC. The summed E-state index contributed by atoms with van der Waals surface area (Å²) in [5.41, 5.74) is 3.20. The summed E-state index contributed by atoms with van der Waals surface area (Å²) < 4.78 is 28.2. The first-order valence-electron chi connectivity index (χ1n) is 14.6. The van der Waals surface area contributed by atoms with E-state index in [9.17, 15) is 4.79 Å². The molecule has 8 heteroatoms. The van der Waals surface area contributed by atoms with Gasteiger partial charge in [-0.1, -0.05) is 30.3 Å². The number of aromatic nitrogens is 1. The van der Waals surface area contributed by atoms with Gasteiger partial charge in [-0.25, -0.2) is 0 Å². The van der Waals surface area contributed by atoms with Gasteiger partial charge in [-0.2, -0.15) is 0 Å². The third-order valence-electron chi connectivity index (χ3n) is 8.51. The molecule has 0 fully saturated rings. The van der Waals surface area contributed by atoms with E-state index in [0.717, 1.165) is 59.5 Å². The van der Waals surface area contributed by atoms with Crippen LogP contribution in [-0.2, 0) is 23.1 Å². The minimum Gasteiger partial charge on any atom is -0.493 e. The summed E-state index contributed by atoms with van der Waals surface area (Å²) in [6.45, 7) is 1.71. The highest BCUT2D eigenvalue weighted by Crippen LogP contribution is 2.49. The summed E-state index contributed by atoms with van der Waals surface area (Å²) in [5, 5.41) is 0.927. The molecule has 0 aliphatic heterocycles. The van der Waals surface area contributed by atoms with Crippen LogP contribution in [0.1, 0.15) is 36.0 Å². The zero-order valence-electron chi connectivity index (χ0n) is 25.6. The second-order valence-electron chi connectivity index (χ2n) is 11.0. The highest BCUT2D eigenvalue weighted by molar-refractivity contribution is 5.88. The predicted octanol–water partition coefficient (Wildman–Crippen LogP) is 6.01. The van der Waals surface area contributed by atoms with E-state index >= 15 is 0 Å². The molecule has 0 bridgehead atoms. The lowest BCUT2D eigenvalue weighted by Gasteiger charge is -2.29. The summed E-state index contributed by atoms with van der Waals surface area (Å²) in [4.78, 5) is 20.9. The number of carbonyl (C=O) groups excluding carboxylic acids is 1. The molecule has 0 N–H and O–H groups in total. The maximum Gasteiger partial charge on any atom is 0.322 e. The van der Waals surface area contributed by atoms with Crippen LogP contribution in [0.4, 0.5) is 0 Å². The van der Waals surface area contributed by atoms with E-state index in [1.54, 1.807) is 34.6 Å². The molecular weight excluding hydrogens is 544 g/mol. The van der Waals surface area contributed by atoms with Crippen molar-refractivity contribution < 1.29 is 28.5 Å². The molecular formula is C35H40N2O6. The first-order chi connectivity index (χ1) is 20.9. The third-order valence-corrected chi connectivity index (χ3v) is 8.51. The zero-order chi connectivity index (χ0) is 30.4. The van der Waals surface area contributed by atoms with Crippen LogP contribution >= 0.6 is 0 Å². The molecule has 8 nitrogen and oxygen atoms in total. The topological polar surface area (TPSA) is 79.4 Å². The third kappa shape index (κ3) is 6.25. The Balaban J connectivity index is 1.33. The number of hydrogen-bond donors (Lipinski definition) is 0. The Morgan fingerprint density at radius 3 is 2.42 bits per heavy atom. The second kappa shape index (κ2) is 13.3. The standard InChI is InChI=1S/C35H40N2O6/c1-37(20-16-24-11-13-30(39-2)32(21-24)41-4)19-8-17-35(18-15-27-28(35)12-14-31(40-3)33(27)42-5)34(38)43-26-22-25-9-6-7-10-29(25)36-23-26/h6-7,9-14,21-23H,8,15-20H2,1-5H3. The molecule has 226 valence electrons. The smallest absolute Gasteiger partial charge is 0.322 e. The number of benzene rings is 3. The predicted molar refractivity (Wildman–Crippen MR) is 167 cm³/mol. The van der Waals surface area contributed by atoms with Crippen molar-refractivity contribution in [2.75, 3.05) is 48.6 Å². The molecule has 0 saturated heterocycles. The summed E-state index contributed by atoms with van der Waals surface area (Å²) in [6.07, 6.45) is 5.31. The fourth-order valence-electron chi connectivity index (χ4n) is 6.16. The number of para-hydroxylation sites is 1. The lowest BCUT2D eigenvalue weighted by molar-refractivity contribution is -0.141. The van der Waals surface area contributed by atoms with Crippen LogP contribution in [-0.4, -0.2) is 64.4 Å². The number of rotatable bonds is 13. The van der Waals surface area contributed by atoms with E-state index in [-0.39, 0.29) is 5.97 Å². The Hall–Kier alpha value is -4.30. The Morgan fingerprint density at radius 2 is 1.65 bits per heavy atom. The number of fused-ring (bicyclic) bond motifs is 2. The molecule has 3 aromatic carbocycles. The number of ether oxygens (including phenoxy) is 5. The van der Waals surface area contributed by atoms with Gasteiger partial charge in [0.25, 0.3) is 0 Å². The van der Waals surface area contributed by atoms with Crippen molar-refractivity contribution in [1.82, 2.24) is 9.88 Å². The summed E-state index contributed by atoms with van der Waals surface area (Å²) in [5.74, 6) is 3.00. The molecule has 0 saturated carbocycles. The molecule has 0 radical (unpaired) electrons. The average molecular weight is 585 g/mol. The Kier molecular flexibility index (Phi) is 9.36. The van der Waals surface area contributed by atoms with Crippen LogP contribution in [0, 0.1) is 0 Å². The van der Waals surface area contributed by atoms with Crippen molar-refractivity contribution >= 4 is 16.9 Å². The monoisotopic (exact) mass is 584 g/mol. The summed E-state index contributed by atoms with van der Waals surface area (Å²) >= 11 is 0. The van der Waals surface area contributed by atoms with Crippen LogP contribution in [0.5, 0.6) is 28.7 Å². The van der Waals surface area contributed by atoms with Gasteiger partial charge in [-0.15, -0.1) is 0 Å². The molecule has 1 aliphatic rings. The van der Waals surface area contributed by atoms with Gasteiger partial charge in [0.15, 0.2) is 23.0 Å². The quantitative estimate of drug-likeness (QED) is 0.177. The second-order valence-corrected chi connectivity index (χ2v) is 11.0. The van der Waals surface area contributed by atoms with Gasteiger partial charge in [0.05, 0.1) is 45.6 Å². The number of likely N-dealkylation sites (N-methyl/N-ethyl adjacent to an activating group) is 1.